The second-order valence-electron chi connectivity index (χ2n) is 8.75. The monoisotopic (exact) mass is 416 g/mol. The second kappa shape index (κ2) is 9.75. The molecular formula is C22H32N4O4. The highest BCUT2D eigenvalue weighted by Gasteiger charge is 2.38. The number of likely N-dealkylation sites (tertiary alicyclic amines) is 2. The van der Waals surface area contributed by atoms with Crippen LogP contribution in [0.2, 0.25) is 0 Å². The third-order valence-electron chi connectivity index (χ3n) is 6.76. The maximum atomic E-state index is 12.4. The van der Waals surface area contributed by atoms with Crippen LogP contribution in [0.1, 0.15) is 31.2 Å². The predicted molar refractivity (Wildman–Crippen MR) is 111 cm³/mol. The number of carbonyl (C=O) groups is 2. The molecule has 3 aliphatic heterocycles. The fourth-order valence-corrected chi connectivity index (χ4v) is 4.88. The van der Waals surface area contributed by atoms with Crippen LogP contribution in [-0.4, -0.2) is 94.8 Å². The van der Waals surface area contributed by atoms with Gasteiger partial charge in [-0.3, -0.25) is 14.7 Å². The maximum absolute atomic E-state index is 12.4. The van der Waals surface area contributed by atoms with Crippen molar-refractivity contribution in [3.63, 3.8) is 0 Å². The number of pyridine rings is 1. The number of cyclic esters (lactones) is 1. The zero-order valence-electron chi connectivity index (χ0n) is 17.5. The molecule has 1 N–H and O–H groups in total. The molecule has 0 bridgehead atoms. The number of carboxylic acids is 1. The van der Waals surface area contributed by atoms with E-state index in [0.29, 0.717) is 25.9 Å². The van der Waals surface area contributed by atoms with E-state index in [4.69, 9.17) is 9.84 Å². The smallest absolute Gasteiger partial charge is 0.410 e. The van der Waals surface area contributed by atoms with E-state index in [1.165, 1.54) is 5.56 Å². The van der Waals surface area contributed by atoms with Gasteiger partial charge in [0.05, 0.1) is 12.5 Å². The first-order valence-electron chi connectivity index (χ1n) is 11.1. The highest BCUT2D eigenvalue weighted by molar-refractivity contribution is 5.70. The van der Waals surface area contributed by atoms with Crippen molar-refractivity contribution in [3.8, 4) is 0 Å². The Kier molecular flexibility index (Phi) is 6.84. The lowest BCUT2D eigenvalue weighted by atomic mass is 9.97. The van der Waals surface area contributed by atoms with Crippen LogP contribution in [-0.2, 0) is 16.0 Å². The van der Waals surface area contributed by atoms with Crippen LogP contribution in [0.25, 0.3) is 0 Å². The van der Waals surface area contributed by atoms with E-state index in [0.717, 1.165) is 52.0 Å². The number of hydrogen-bond donors (Lipinski definition) is 1. The summed E-state index contributed by atoms with van der Waals surface area (Å²) in [6.45, 7) is 5.94. The molecule has 0 aromatic carbocycles. The number of nitrogens with zero attached hydrogens (tertiary/aromatic N) is 4. The SMILES string of the molecule is O=C(O)C1CCN(CC2CN(C3CCN(CCc4ccncc4)CC3)C(=O)O2)CC1. The molecule has 3 aliphatic rings. The molecule has 164 valence electrons. The molecule has 0 saturated carbocycles. The quantitative estimate of drug-likeness (QED) is 0.724. The van der Waals surface area contributed by atoms with E-state index in [9.17, 15) is 9.59 Å². The molecule has 1 atom stereocenters. The lowest BCUT2D eigenvalue weighted by Crippen LogP contribution is -2.46. The standard InChI is InChI=1S/C22H32N4O4/c27-21(28)18-4-11-25(12-5-18)15-20-16-26(22(29)30-20)19-6-13-24(14-7-19)10-3-17-1-8-23-9-2-17/h1-2,8-9,18-20H,3-7,10-16H2,(H,27,28). The molecular weight excluding hydrogens is 384 g/mol. The van der Waals surface area contributed by atoms with Gasteiger partial charge in [-0.2, -0.15) is 0 Å². The van der Waals surface area contributed by atoms with Crippen molar-refractivity contribution < 1.29 is 19.4 Å². The summed E-state index contributed by atoms with van der Waals surface area (Å²) >= 11 is 0. The number of piperidine rings is 2. The van der Waals surface area contributed by atoms with Crippen molar-refractivity contribution in [2.75, 3.05) is 45.8 Å². The molecule has 0 radical (unpaired) electrons. The molecule has 3 saturated heterocycles. The number of amides is 1. The number of hydrogen-bond acceptors (Lipinski definition) is 6. The van der Waals surface area contributed by atoms with Gasteiger partial charge >= 0.3 is 12.1 Å². The Hall–Kier alpha value is -2.19. The molecule has 0 aliphatic carbocycles. The van der Waals surface area contributed by atoms with Gasteiger partial charge in [-0.05, 0) is 62.9 Å². The van der Waals surface area contributed by atoms with Gasteiger partial charge in [-0.15, -0.1) is 0 Å². The van der Waals surface area contributed by atoms with E-state index in [1.807, 2.05) is 17.3 Å². The minimum absolute atomic E-state index is 0.108. The summed E-state index contributed by atoms with van der Waals surface area (Å²) in [6.07, 6.45) is 7.75. The lowest BCUT2D eigenvalue weighted by Gasteiger charge is -2.35. The summed E-state index contributed by atoms with van der Waals surface area (Å²) in [6, 6.07) is 4.40. The molecule has 0 spiro atoms. The lowest BCUT2D eigenvalue weighted by molar-refractivity contribution is -0.143. The van der Waals surface area contributed by atoms with Gasteiger partial charge in [0.2, 0.25) is 0 Å². The van der Waals surface area contributed by atoms with Gasteiger partial charge in [0.1, 0.15) is 6.10 Å². The maximum Gasteiger partial charge on any atom is 0.410 e. The van der Waals surface area contributed by atoms with E-state index in [2.05, 4.69) is 26.9 Å². The average molecular weight is 417 g/mol. The minimum Gasteiger partial charge on any atom is -0.481 e. The predicted octanol–water partition coefficient (Wildman–Crippen LogP) is 1.71. The normalized spacial score (nSPS) is 24.9. The zero-order valence-corrected chi connectivity index (χ0v) is 17.5. The molecule has 1 aromatic rings. The third kappa shape index (κ3) is 5.29. The highest BCUT2D eigenvalue weighted by atomic mass is 16.6. The molecule has 1 aromatic heterocycles. The van der Waals surface area contributed by atoms with Gasteiger partial charge in [0.25, 0.3) is 0 Å². The Bertz CT molecular complexity index is 715. The number of ether oxygens (including phenoxy) is 1. The fourth-order valence-electron chi connectivity index (χ4n) is 4.88. The Balaban J connectivity index is 1.18. The van der Waals surface area contributed by atoms with Crippen LogP contribution in [0.15, 0.2) is 24.5 Å². The van der Waals surface area contributed by atoms with E-state index in [-0.39, 0.29) is 24.2 Å². The average Bonchev–Trinajstić information content (AvgIpc) is 3.13. The van der Waals surface area contributed by atoms with Crippen molar-refractivity contribution >= 4 is 12.1 Å². The topological polar surface area (TPSA) is 86.2 Å². The Labute approximate surface area is 177 Å². The van der Waals surface area contributed by atoms with E-state index < -0.39 is 5.97 Å². The molecule has 1 amide bonds. The molecule has 8 heteroatoms. The Morgan fingerprint density at radius 2 is 1.73 bits per heavy atom. The van der Waals surface area contributed by atoms with Gasteiger partial charge in [-0.25, -0.2) is 4.79 Å². The Morgan fingerprint density at radius 3 is 2.40 bits per heavy atom. The molecule has 1 unspecified atom stereocenters. The highest BCUT2D eigenvalue weighted by Crippen LogP contribution is 2.24. The number of carbonyl (C=O) groups excluding carboxylic acids is 1. The van der Waals surface area contributed by atoms with Crippen LogP contribution in [0.3, 0.4) is 0 Å². The van der Waals surface area contributed by atoms with E-state index in [1.54, 1.807) is 0 Å². The Morgan fingerprint density at radius 1 is 1.07 bits per heavy atom. The van der Waals surface area contributed by atoms with Crippen molar-refractivity contribution in [2.24, 2.45) is 5.92 Å². The first-order chi connectivity index (χ1) is 14.6. The summed E-state index contributed by atoms with van der Waals surface area (Å²) in [4.78, 5) is 34.3. The fraction of sp³-hybridized carbons (Fsp3) is 0.682. The van der Waals surface area contributed by atoms with Crippen LogP contribution in [0.5, 0.6) is 0 Å². The van der Waals surface area contributed by atoms with Crippen LogP contribution >= 0.6 is 0 Å². The molecule has 30 heavy (non-hydrogen) atoms. The van der Waals surface area contributed by atoms with Crippen LogP contribution in [0, 0.1) is 5.92 Å². The van der Waals surface area contributed by atoms with Crippen LogP contribution in [0.4, 0.5) is 4.79 Å². The van der Waals surface area contributed by atoms with Crippen molar-refractivity contribution in [1.82, 2.24) is 19.7 Å². The van der Waals surface area contributed by atoms with E-state index >= 15 is 0 Å². The molecule has 3 fully saturated rings. The van der Waals surface area contributed by atoms with Crippen molar-refractivity contribution in [2.45, 2.75) is 44.2 Å². The summed E-state index contributed by atoms with van der Waals surface area (Å²) in [7, 11) is 0. The number of rotatable bonds is 7. The summed E-state index contributed by atoms with van der Waals surface area (Å²) in [5.74, 6) is -0.923. The van der Waals surface area contributed by atoms with Gasteiger partial charge in [0.15, 0.2) is 0 Å². The van der Waals surface area contributed by atoms with Crippen LogP contribution < -0.4 is 0 Å². The van der Waals surface area contributed by atoms with Crippen molar-refractivity contribution in [1.29, 1.82) is 0 Å². The first-order valence-corrected chi connectivity index (χ1v) is 11.1. The molecule has 4 rings (SSSR count). The summed E-state index contributed by atoms with van der Waals surface area (Å²) < 4.78 is 5.65. The first kappa shape index (κ1) is 21.1. The summed E-state index contributed by atoms with van der Waals surface area (Å²) in [5.41, 5.74) is 1.31. The number of aliphatic carboxylic acids is 1. The second-order valence-corrected chi connectivity index (χ2v) is 8.75. The summed E-state index contributed by atoms with van der Waals surface area (Å²) in [5, 5.41) is 9.13. The van der Waals surface area contributed by atoms with Gasteiger partial charge in [-0.1, -0.05) is 0 Å². The molecule has 4 heterocycles. The number of carboxylic acid groups (broad SMARTS) is 1. The van der Waals surface area contributed by atoms with Crippen molar-refractivity contribution in [3.05, 3.63) is 30.1 Å². The van der Waals surface area contributed by atoms with Gasteiger partial charge in [0, 0.05) is 44.6 Å². The van der Waals surface area contributed by atoms with Gasteiger partial charge < -0.3 is 19.6 Å². The number of aromatic nitrogens is 1. The molecule has 8 nitrogen and oxygen atoms in total. The third-order valence-corrected chi connectivity index (χ3v) is 6.76. The zero-order chi connectivity index (χ0) is 20.9. The minimum atomic E-state index is -0.694. The largest absolute Gasteiger partial charge is 0.481 e.